The number of rotatable bonds is 5. The van der Waals surface area contributed by atoms with E-state index in [4.69, 9.17) is 16.1 Å². The number of carbonyl (C=O) groups is 1. The van der Waals surface area contributed by atoms with Gasteiger partial charge >= 0.3 is 0 Å². The summed E-state index contributed by atoms with van der Waals surface area (Å²) in [7, 11) is 1.90. The van der Waals surface area contributed by atoms with E-state index < -0.39 is 0 Å². The summed E-state index contributed by atoms with van der Waals surface area (Å²) in [6, 6.07) is 11.1. The maximum atomic E-state index is 11.9. The third kappa shape index (κ3) is 3.72. The number of nitrogens with one attached hydrogen (secondary N) is 1. The zero-order chi connectivity index (χ0) is 16.9. The minimum atomic E-state index is -0.270. The Balaban J connectivity index is 1.58. The van der Waals surface area contributed by atoms with Crippen molar-refractivity contribution >= 4 is 23.6 Å². The molecule has 0 fully saturated rings. The standard InChI is InChI=1S/C17H15ClN4O2/c1-22-10-4-7-14(22)17-20-16(24-21-17)11-19-15(23)9-8-12-5-2-3-6-13(12)18/h2-10H,11H2,1H3,(H,19,23)/b9-8+. The first kappa shape index (κ1) is 16.0. The first-order chi connectivity index (χ1) is 11.6. The number of aromatic nitrogens is 3. The number of amides is 1. The average molecular weight is 343 g/mol. The Hall–Kier alpha value is -2.86. The van der Waals surface area contributed by atoms with Crippen molar-refractivity contribution in [2.24, 2.45) is 7.05 Å². The largest absolute Gasteiger partial charge is 0.348 e. The van der Waals surface area contributed by atoms with Crippen molar-refractivity contribution in [2.45, 2.75) is 6.54 Å². The van der Waals surface area contributed by atoms with Gasteiger partial charge < -0.3 is 14.4 Å². The van der Waals surface area contributed by atoms with Crippen LogP contribution in [0.5, 0.6) is 0 Å². The highest BCUT2D eigenvalue weighted by molar-refractivity contribution is 6.32. The number of hydrogen-bond donors (Lipinski definition) is 1. The quantitative estimate of drug-likeness (QED) is 0.723. The van der Waals surface area contributed by atoms with E-state index in [0.29, 0.717) is 16.7 Å². The van der Waals surface area contributed by atoms with E-state index in [1.807, 2.05) is 48.1 Å². The lowest BCUT2D eigenvalue weighted by molar-refractivity contribution is -0.116. The van der Waals surface area contributed by atoms with Crippen LogP contribution >= 0.6 is 11.6 Å². The first-order valence-corrected chi connectivity index (χ1v) is 7.66. The molecular weight excluding hydrogens is 328 g/mol. The molecule has 1 amide bonds. The van der Waals surface area contributed by atoms with Gasteiger partial charge in [0.25, 0.3) is 0 Å². The predicted octanol–water partition coefficient (Wildman–Crippen LogP) is 3.06. The Kier molecular flexibility index (Phi) is 4.77. The number of hydrogen-bond acceptors (Lipinski definition) is 4. The van der Waals surface area contributed by atoms with Gasteiger partial charge in [-0.15, -0.1) is 0 Å². The first-order valence-electron chi connectivity index (χ1n) is 7.28. The van der Waals surface area contributed by atoms with Gasteiger partial charge in [0.15, 0.2) is 0 Å². The van der Waals surface area contributed by atoms with Crippen LogP contribution in [-0.2, 0) is 18.4 Å². The minimum absolute atomic E-state index is 0.156. The van der Waals surface area contributed by atoms with E-state index in [1.165, 1.54) is 6.08 Å². The molecule has 3 aromatic rings. The third-order valence-corrected chi connectivity index (χ3v) is 3.72. The Labute approximate surface area is 143 Å². The molecule has 2 heterocycles. The molecule has 7 heteroatoms. The van der Waals surface area contributed by atoms with Gasteiger partial charge in [-0.05, 0) is 29.8 Å². The van der Waals surface area contributed by atoms with E-state index in [2.05, 4.69) is 15.5 Å². The zero-order valence-corrected chi connectivity index (χ0v) is 13.7. The van der Waals surface area contributed by atoms with Crippen molar-refractivity contribution in [1.82, 2.24) is 20.0 Å². The summed E-state index contributed by atoms with van der Waals surface area (Å²) in [5, 5.41) is 7.19. The number of aryl methyl sites for hydroxylation is 1. The van der Waals surface area contributed by atoms with Crippen LogP contribution < -0.4 is 5.32 Å². The summed E-state index contributed by atoms with van der Waals surface area (Å²) in [6.45, 7) is 0.156. The maximum Gasteiger partial charge on any atom is 0.246 e. The Morgan fingerprint density at radius 2 is 2.17 bits per heavy atom. The van der Waals surface area contributed by atoms with Crippen LogP contribution in [0.25, 0.3) is 17.6 Å². The lowest BCUT2D eigenvalue weighted by atomic mass is 10.2. The summed E-state index contributed by atoms with van der Waals surface area (Å²) in [5.41, 5.74) is 1.62. The molecule has 1 aromatic carbocycles. The molecule has 6 nitrogen and oxygen atoms in total. The Bertz CT molecular complexity index is 882. The molecule has 0 aliphatic carbocycles. The number of halogens is 1. The third-order valence-electron chi connectivity index (χ3n) is 3.37. The SMILES string of the molecule is Cn1cccc1-c1noc(CNC(=O)/C=C/c2ccccc2Cl)n1. The lowest BCUT2D eigenvalue weighted by Gasteiger charge is -1.98. The van der Waals surface area contributed by atoms with Crippen molar-refractivity contribution < 1.29 is 9.32 Å². The second-order valence-electron chi connectivity index (χ2n) is 5.09. The van der Waals surface area contributed by atoms with Crippen molar-refractivity contribution in [3.05, 3.63) is 65.1 Å². The highest BCUT2D eigenvalue weighted by Crippen LogP contribution is 2.16. The molecule has 0 aliphatic rings. The molecular formula is C17H15ClN4O2. The fourth-order valence-electron chi connectivity index (χ4n) is 2.12. The molecule has 0 saturated heterocycles. The van der Waals surface area contributed by atoms with Gasteiger partial charge in [0.2, 0.25) is 17.6 Å². The summed E-state index contributed by atoms with van der Waals surface area (Å²) in [4.78, 5) is 16.1. The van der Waals surface area contributed by atoms with E-state index >= 15 is 0 Å². The monoisotopic (exact) mass is 342 g/mol. The van der Waals surface area contributed by atoms with Gasteiger partial charge in [-0.25, -0.2) is 0 Å². The zero-order valence-electron chi connectivity index (χ0n) is 12.9. The molecule has 0 unspecified atom stereocenters. The van der Waals surface area contributed by atoms with Crippen molar-refractivity contribution in [3.8, 4) is 11.5 Å². The molecule has 24 heavy (non-hydrogen) atoms. The van der Waals surface area contributed by atoms with Crippen molar-refractivity contribution in [1.29, 1.82) is 0 Å². The van der Waals surface area contributed by atoms with E-state index in [9.17, 15) is 4.79 Å². The highest BCUT2D eigenvalue weighted by atomic mass is 35.5. The topological polar surface area (TPSA) is 73.0 Å². The van der Waals surface area contributed by atoms with Gasteiger partial charge in [0.05, 0.1) is 12.2 Å². The molecule has 0 atom stereocenters. The molecule has 0 saturated carbocycles. The van der Waals surface area contributed by atoms with Gasteiger partial charge in [0, 0.05) is 24.3 Å². The molecule has 3 rings (SSSR count). The van der Waals surface area contributed by atoms with Crippen LogP contribution in [0.15, 0.2) is 53.2 Å². The van der Waals surface area contributed by atoms with Crippen molar-refractivity contribution in [3.63, 3.8) is 0 Å². The second kappa shape index (κ2) is 7.14. The highest BCUT2D eigenvalue weighted by Gasteiger charge is 2.11. The van der Waals surface area contributed by atoms with Crippen LogP contribution in [0.3, 0.4) is 0 Å². The summed E-state index contributed by atoms with van der Waals surface area (Å²) < 4.78 is 7.03. The smallest absolute Gasteiger partial charge is 0.246 e. The van der Waals surface area contributed by atoms with Crippen LogP contribution in [0.4, 0.5) is 0 Å². The van der Waals surface area contributed by atoms with Crippen LogP contribution in [-0.4, -0.2) is 20.6 Å². The van der Waals surface area contributed by atoms with Gasteiger partial charge in [-0.3, -0.25) is 4.79 Å². The van der Waals surface area contributed by atoms with Crippen molar-refractivity contribution in [2.75, 3.05) is 0 Å². The fraction of sp³-hybridized carbons (Fsp3) is 0.118. The number of nitrogens with zero attached hydrogens (tertiary/aromatic N) is 3. The van der Waals surface area contributed by atoms with E-state index in [0.717, 1.165) is 11.3 Å². The average Bonchev–Trinajstić information content (AvgIpc) is 3.20. The Morgan fingerprint density at radius 3 is 2.92 bits per heavy atom. The molecule has 0 radical (unpaired) electrons. The minimum Gasteiger partial charge on any atom is -0.348 e. The molecule has 0 bridgehead atoms. The molecule has 0 aliphatic heterocycles. The molecule has 0 spiro atoms. The van der Waals surface area contributed by atoms with E-state index in [1.54, 1.807) is 12.1 Å². The maximum absolute atomic E-state index is 11.9. The predicted molar refractivity (Wildman–Crippen MR) is 91.0 cm³/mol. The van der Waals surface area contributed by atoms with Crippen LogP contribution in [0.1, 0.15) is 11.5 Å². The molecule has 1 N–H and O–H groups in total. The van der Waals surface area contributed by atoms with Gasteiger partial charge in [-0.1, -0.05) is 35.0 Å². The lowest BCUT2D eigenvalue weighted by Crippen LogP contribution is -2.20. The molecule has 2 aromatic heterocycles. The number of benzene rings is 1. The van der Waals surface area contributed by atoms with E-state index in [-0.39, 0.29) is 12.5 Å². The fourth-order valence-corrected chi connectivity index (χ4v) is 2.32. The van der Waals surface area contributed by atoms with Gasteiger partial charge in [-0.2, -0.15) is 4.98 Å². The summed E-state index contributed by atoms with van der Waals surface area (Å²) in [6.07, 6.45) is 4.96. The molecule has 122 valence electrons. The second-order valence-corrected chi connectivity index (χ2v) is 5.50. The number of carbonyl (C=O) groups excluding carboxylic acids is 1. The normalized spacial score (nSPS) is 11.1. The van der Waals surface area contributed by atoms with Gasteiger partial charge in [0.1, 0.15) is 0 Å². The summed E-state index contributed by atoms with van der Waals surface area (Å²) in [5.74, 6) is 0.553. The van der Waals surface area contributed by atoms with Crippen LogP contribution in [0.2, 0.25) is 5.02 Å². The summed E-state index contributed by atoms with van der Waals surface area (Å²) >= 11 is 6.03. The Morgan fingerprint density at radius 1 is 1.33 bits per heavy atom. The van der Waals surface area contributed by atoms with Crippen LogP contribution in [0, 0.1) is 0 Å².